The van der Waals surface area contributed by atoms with E-state index in [2.05, 4.69) is 15.0 Å². The molecule has 2 aromatic heterocycles. The van der Waals surface area contributed by atoms with E-state index in [1.165, 1.54) is 13.4 Å². The van der Waals surface area contributed by atoms with E-state index in [-0.39, 0.29) is 11.3 Å². The second kappa shape index (κ2) is 5.99. The largest absolute Gasteiger partial charge is 0.492 e. The third-order valence-electron chi connectivity index (χ3n) is 2.47. The first-order valence-corrected chi connectivity index (χ1v) is 5.96. The van der Waals surface area contributed by atoms with Crippen molar-refractivity contribution in [2.45, 2.75) is 13.3 Å². The van der Waals surface area contributed by atoms with Gasteiger partial charge >= 0.3 is 0 Å². The SMILES string of the molecule is CCCOc1cncc(-c2nc[nH]c(=O)c2OC)c1. The molecule has 0 amide bonds. The number of nitrogens with one attached hydrogen (secondary N) is 1. The monoisotopic (exact) mass is 261 g/mol. The lowest BCUT2D eigenvalue weighted by atomic mass is 10.2. The zero-order chi connectivity index (χ0) is 13.7. The molecule has 100 valence electrons. The van der Waals surface area contributed by atoms with Crippen molar-refractivity contribution in [3.8, 4) is 22.8 Å². The van der Waals surface area contributed by atoms with Gasteiger partial charge in [-0.25, -0.2) is 4.98 Å². The minimum atomic E-state index is -0.327. The van der Waals surface area contributed by atoms with Crippen LogP contribution in [0.4, 0.5) is 0 Å². The van der Waals surface area contributed by atoms with Gasteiger partial charge in [0.1, 0.15) is 11.4 Å². The van der Waals surface area contributed by atoms with Crippen molar-refractivity contribution in [1.29, 1.82) is 0 Å². The maximum absolute atomic E-state index is 11.6. The van der Waals surface area contributed by atoms with Gasteiger partial charge in [0.05, 0.1) is 26.2 Å². The fourth-order valence-corrected chi connectivity index (χ4v) is 1.63. The summed E-state index contributed by atoms with van der Waals surface area (Å²) < 4.78 is 10.6. The molecule has 0 aliphatic rings. The van der Waals surface area contributed by atoms with Gasteiger partial charge in [-0.3, -0.25) is 9.78 Å². The lowest BCUT2D eigenvalue weighted by Crippen LogP contribution is -2.11. The highest BCUT2D eigenvalue weighted by Crippen LogP contribution is 2.25. The summed E-state index contributed by atoms with van der Waals surface area (Å²) in [7, 11) is 1.43. The molecule has 0 saturated heterocycles. The van der Waals surface area contributed by atoms with Crippen molar-refractivity contribution in [3.63, 3.8) is 0 Å². The van der Waals surface area contributed by atoms with Crippen LogP contribution in [0.2, 0.25) is 0 Å². The number of hydrogen-bond acceptors (Lipinski definition) is 5. The van der Waals surface area contributed by atoms with Gasteiger partial charge in [0.25, 0.3) is 5.56 Å². The van der Waals surface area contributed by atoms with Crippen molar-refractivity contribution in [1.82, 2.24) is 15.0 Å². The van der Waals surface area contributed by atoms with Crippen LogP contribution < -0.4 is 15.0 Å². The highest BCUT2D eigenvalue weighted by Gasteiger charge is 2.12. The molecule has 2 rings (SSSR count). The Labute approximate surface area is 110 Å². The summed E-state index contributed by atoms with van der Waals surface area (Å²) in [6.07, 6.45) is 5.48. The number of aromatic nitrogens is 3. The van der Waals surface area contributed by atoms with E-state index in [1.54, 1.807) is 18.5 Å². The molecule has 0 fully saturated rings. The average Bonchev–Trinajstić information content (AvgIpc) is 2.45. The van der Waals surface area contributed by atoms with Crippen molar-refractivity contribution in [3.05, 3.63) is 35.1 Å². The minimum Gasteiger partial charge on any atom is -0.492 e. The maximum atomic E-state index is 11.6. The topological polar surface area (TPSA) is 77.1 Å². The van der Waals surface area contributed by atoms with Crippen LogP contribution in [0.1, 0.15) is 13.3 Å². The standard InChI is InChI=1S/C13H15N3O3/c1-3-4-19-10-5-9(6-14-7-10)11-12(18-2)13(17)16-8-15-11/h5-8H,3-4H2,1-2H3,(H,15,16,17). The first-order valence-electron chi connectivity index (χ1n) is 5.96. The molecule has 0 atom stereocenters. The average molecular weight is 261 g/mol. The molecule has 0 radical (unpaired) electrons. The Morgan fingerprint density at radius 2 is 2.21 bits per heavy atom. The number of ether oxygens (including phenoxy) is 2. The minimum absolute atomic E-state index is 0.164. The van der Waals surface area contributed by atoms with Crippen LogP contribution in [0.25, 0.3) is 11.3 Å². The Kier molecular flexibility index (Phi) is 4.12. The van der Waals surface area contributed by atoms with Crippen LogP contribution in [0.5, 0.6) is 11.5 Å². The second-order valence-electron chi connectivity index (χ2n) is 3.87. The molecule has 6 heteroatoms. The molecule has 0 saturated carbocycles. The van der Waals surface area contributed by atoms with Gasteiger partial charge < -0.3 is 14.5 Å². The highest BCUT2D eigenvalue weighted by atomic mass is 16.5. The van der Waals surface area contributed by atoms with Gasteiger partial charge in [-0.15, -0.1) is 0 Å². The highest BCUT2D eigenvalue weighted by molar-refractivity contribution is 5.65. The van der Waals surface area contributed by atoms with E-state index in [4.69, 9.17) is 9.47 Å². The van der Waals surface area contributed by atoms with Gasteiger partial charge in [0.15, 0.2) is 0 Å². The molecule has 0 spiro atoms. The third kappa shape index (κ3) is 2.90. The lowest BCUT2D eigenvalue weighted by Gasteiger charge is -2.08. The fourth-order valence-electron chi connectivity index (χ4n) is 1.63. The van der Waals surface area contributed by atoms with Gasteiger partial charge in [-0.05, 0) is 12.5 Å². The van der Waals surface area contributed by atoms with Crippen LogP contribution in [0.15, 0.2) is 29.6 Å². The molecule has 19 heavy (non-hydrogen) atoms. The molecule has 0 aromatic carbocycles. The van der Waals surface area contributed by atoms with Gasteiger partial charge in [-0.1, -0.05) is 6.92 Å². The van der Waals surface area contributed by atoms with Crippen LogP contribution in [0, 0.1) is 0 Å². The smallest absolute Gasteiger partial charge is 0.293 e. The molecule has 0 unspecified atom stereocenters. The summed E-state index contributed by atoms with van der Waals surface area (Å²) in [4.78, 5) is 22.3. The van der Waals surface area contributed by atoms with Crippen molar-refractivity contribution in [2.24, 2.45) is 0 Å². The summed E-state index contributed by atoms with van der Waals surface area (Å²) in [6, 6.07) is 1.78. The summed E-state index contributed by atoms with van der Waals surface area (Å²) in [5.41, 5.74) is 0.796. The first-order chi connectivity index (χ1) is 9.26. The van der Waals surface area contributed by atoms with Crippen molar-refractivity contribution >= 4 is 0 Å². The summed E-state index contributed by atoms with van der Waals surface area (Å²) in [6.45, 7) is 2.64. The second-order valence-corrected chi connectivity index (χ2v) is 3.87. The Bertz CT molecular complexity index is 610. The molecule has 2 heterocycles. The van der Waals surface area contributed by atoms with Crippen LogP contribution >= 0.6 is 0 Å². The molecule has 0 bridgehead atoms. The number of aromatic amines is 1. The number of hydrogen-bond donors (Lipinski definition) is 1. The predicted molar refractivity (Wildman–Crippen MR) is 70.4 cm³/mol. The van der Waals surface area contributed by atoms with Crippen molar-refractivity contribution < 1.29 is 9.47 Å². The van der Waals surface area contributed by atoms with Crippen LogP contribution in [-0.2, 0) is 0 Å². The maximum Gasteiger partial charge on any atom is 0.293 e. The lowest BCUT2D eigenvalue weighted by molar-refractivity contribution is 0.316. The first kappa shape index (κ1) is 13.1. The number of H-pyrrole nitrogens is 1. The van der Waals surface area contributed by atoms with Crippen molar-refractivity contribution in [2.75, 3.05) is 13.7 Å². The number of methoxy groups -OCH3 is 1. The van der Waals surface area contributed by atoms with E-state index in [0.29, 0.717) is 23.6 Å². The van der Waals surface area contributed by atoms with Gasteiger partial charge in [0, 0.05) is 11.8 Å². The zero-order valence-corrected chi connectivity index (χ0v) is 10.8. The van der Waals surface area contributed by atoms with E-state index >= 15 is 0 Å². The van der Waals surface area contributed by atoms with E-state index in [9.17, 15) is 4.79 Å². The van der Waals surface area contributed by atoms with E-state index in [0.717, 1.165) is 6.42 Å². The quantitative estimate of drug-likeness (QED) is 0.885. The molecular formula is C13H15N3O3. The number of nitrogens with zero attached hydrogens (tertiary/aromatic N) is 2. The Morgan fingerprint density at radius 3 is 2.95 bits per heavy atom. The Balaban J connectivity index is 2.42. The Morgan fingerprint density at radius 1 is 1.37 bits per heavy atom. The number of pyridine rings is 1. The molecule has 1 N–H and O–H groups in total. The van der Waals surface area contributed by atoms with E-state index in [1.807, 2.05) is 6.92 Å². The summed E-state index contributed by atoms with van der Waals surface area (Å²) >= 11 is 0. The van der Waals surface area contributed by atoms with Crippen LogP contribution in [0.3, 0.4) is 0 Å². The summed E-state index contributed by atoms with van der Waals surface area (Å²) in [5.74, 6) is 0.806. The molecule has 6 nitrogen and oxygen atoms in total. The molecule has 0 aliphatic carbocycles. The zero-order valence-electron chi connectivity index (χ0n) is 10.8. The van der Waals surface area contributed by atoms with Gasteiger partial charge in [-0.2, -0.15) is 0 Å². The molecular weight excluding hydrogens is 246 g/mol. The Hall–Kier alpha value is -2.37. The van der Waals surface area contributed by atoms with Crippen LogP contribution in [-0.4, -0.2) is 28.7 Å². The third-order valence-corrected chi connectivity index (χ3v) is 2.47. The normalized spacial score (nSPS) is 10.2. The predicted octanol–water partition coefficient (Wildman–Crippen LogP) is 1.63. The van der Waals surface area contributed by atoms with Gasteiger partial charge in [0.2, 0.25) is 5.75 Å². The summed E-state index contributed by atoms with van der Waals surface area (Å²) in [5, 5.41) is 0. The van der Waals surface area contributed by atoms with E-state index < -0.39 is 0 Å². The molecule has 2 aromatic rings. The molecule has 0 aliphatic heterocycles. The number of rotatable bonds is 5. The fraction of sp³-hybridized carbons (Fsp3) is 0.308.